The van der Waals surface area contributed by atoms with Gasteiger partial charge in [0, 0.05) is 30.9 Å². The number of thiazole rings is 1. The first kappa shape index (κ1) is 19.8. The highest BCUT2D eigenvalue weighted by Gasteiger charge is 2.22. The van der Waals surface area contributed by atoms with E-state index in [9.17, 15) is 4.79 Å². The molecular weight excluding hydrogens is 358 g/mol. The number of benzene rings is 1. The van der Waals surface area contributed by atoms with Gasteiger partial charge in [0.1, 0.15) is 4.88 Å². The van der Waals surface area contributed by atoms with Crippen LogP contribution < -0.4 is 10.2 Å². The second kappa shape index (κ2) is 8.40. The predicted octanol–water partition coefficient (Wildman–Crippen LogP) is 4.52. The molecule has 2 atom stereocenters. The summed E-state index contributed by atoms with van der Waals surface area (Å²) in [5.74, 6) is 0.450. The molecule has 1 fully saturated rings. The number of ether oxygens (including phenoxy) is 1. The third kappa shape index (κ3) is 5.08. The van der Waals surface area contributed by atoms with Crippen molar-refractivity contribution in [3.63, 3.8) is 0 Å². The van der Waals surface area contributed by atoms with Gasteiger partial charge in [-0.15, -0.1) is 11.3 Å². The van der Waals surface area contributed by atoms with Crippen LogP contribution in [0.25, 0.3) is 0 Å². The van der Waals surface area contributed by atoms with Gasteiger partial charge in [0.15, 0.2) is 0 Å². The highest BCUT2D eigenvalue weighted by Crippen LogP contribution is 2.25. The maximum atomic E-state index is 12.6. The zero-order valence-corrected chi connectivity index (χ0v) is 17.6. The van der Waals surface area contributed by atoms with Crippen LogP contribution in [0.1, 0.15) is 48.1 Å². The van der Waals surface area contributed by atoms with Crippen LogP contribution in [-0.2, 0) is 11.2 Å². The minimum Gasteiger partial charge on any atom is -0.372 e. The lowest BCUT2D eigenvalue weighted by Gasteiger charge is -2.36. The number of nitrogens with zero attached hydrogens (tertiary/aromatic N) is 2. The van der Waals surface area contributed by atoms with Crippen molar-refractivity contribution in [3.05, 3.63) is 39.8 Å². The van der Waals surface area contributed by atoms with Gasteiger partial charge in [-0.05, 0) is 51.0 Å². The van der Waals surface area contributed by atoms with Crippen molar-refractivity contribution in [1.29, 1.82) is 0 Å². The molecule has 0 bridgehead atoms. The maximum Gasteiger partial charge on any atom is 0.267 e. The molecule has 6 heteroatoms. The van der Waals surface area contributed by atoms with E-state index in [0.29, 0.717) is 10.8 Å². The van der Waals surface area contributed by atoms with Crippen molar-refractivity contribution in [3.8, 4) is 0 Å². The van der Waals surface area contributed by atoms with E-state index in [0.717, 1.165) is 41.6 Å². The average Bonchev–Trinajstić information content (AvgIpc) is 2.94. The molecule has 1 N–H and O–H groups in total. The van der Waals surface area contributed by atoms with Crippen molar-refractivity contribution < 1.29 is 9.53 Å². The third-order valence-electron chi connectivity index (χ3n) is 4.54. The molecule has 1 aromatic carbocycles. The molecule has 1 amide bonds. The number of nitrogens with one attached hydrogen (secondary N) is 1. The maximum absolute atomic E-state index is 12.6. The number of hydrogen-bond donors (Lipinski definition) is 1. The molecule has 0 saturated carbocycles. The summed E-state index contributed by atoms with van der Waals surface area (Å²) in [4.78, 5) is 20.2. The lowest BCUT2D eigenvalue weighted by atomic mass is 10.1. The average molecular weight is 388 g/mol. The number of aryl methyl sites for hydroxylation is 1. The minimum absolute atomic E-state index is 0.0821. The van der Waals surface area contributed by atoms with Crippen LogP contribution in [0.3, 0.4) is 0 Å². The summed E-state index contributed by atoms with van der Waals surface area (Å²) in [5.41, 5.74) is 2.76. The summed E-state index contributed by atoms with van der Waals surface area (Å²) in [7, 11) is 0. The molecule has 27 heavy (non-hydrogen) atoms. The first-order chi connectivity index (χ1) is 12.8. The Labute approximate surface area is 165 Å². The van der Waals surface area contributed by atoms with Crippen LogP contribution in [0, 0.1) is 12.8 Å². The molecule has 146 valence electrons. The summed E-state index contributed by atoms with van der Waals surface area (Å²) < 4.78 is 5.80. The molecule has 0 spiro atoms. The second-order valence-electron chi connectivity index (χ2n) is 7.78. The Balaban J connectivity index is 1.66. The first-order valence-electron chi connectivity index (χ1n) is 9.60. The van der Waals surface area contributed by atoms with Crippen LogP contribution in [0.2, 0.25) is 0 Å². The fraction of sp³-hybridized carbons (Fsp3) is 0.524. The Morgan fingerprint density at radius 1 is 1.26 bits per heavy atom. The fourth-order valence-corrected chi connectivity index (χ4v) is 4.60. The van der Waals surface area contributed by atoms with E-state index in [1.54, 1.807) is 0 Å². The van der Waals surface area contributed by atoms with E-state index >= 15 is 0 Å². The number of carbonyl (C=O) groups is 1. The molecule has 1 aromatic heterocycles. The molecule has 0 radical (unpaired) electrons. The third-order valence-corrected chi connectivity index (χ3v) is 5.72. The number of aromatic nitrogens is 1. The molecule has 1 aliphatic rings. The van der Waals surface area contributed by atoms with Gasteiger partial charge < -0.3 is 15.0 Å². The monoisotopic (exact) mass is 387 g/mol. The van der Waals surface area contributed by atoms with Crippen molar-refractivity contribution >= 4 is 28.6 Å². The molecule has 1 aliphatic heterocycles. The second-order valence-corrected chi connectivity index (χ2v) is 8.87. The van der Waals surface area contributed by atoms with Gasteiger partial charge >= 0.3 is 0 Å². The van der Waals surface area contributed by atoms with Crippen LogP contribution in [0.4, 0.5) is 11.4 Å². The summed E-state index contributed by atoms with van der Waals surface area (Å²) >= 11 is 1.50. The number of hydrogen-bond acceptors (Lipinski definition) is 5. The SMILES string of the molecule is Cc1nc(CC(C)C)sc1C(=O)Nc1ccc(N2CC(C)OC(C)C2)cc1. The van der Waals surface area contributed by atoms with E-state index in [4.69, 9.17) is 4.74 Å². The molecule has 1 saturated heterocycles. The Bertz CT molecular complexity index is 775. The van der Waals surface area contributed by atoms with E-state index in [2.05, 4.69) is 55.0 Å². The Hall–Kier alpha value is -1.92. The Kier molecular flexibility index (Phi) is 6.17. The number of amides is 1. The van der Waals surface area contributed by atoms with E-state index in [1.165, 1.54) is 11.3 Å². The molecule has 2 aromatic rings. The molecule has 0 aliphatic carbocycles. The minimum atomic E-state index is -0.0821. The van der Waals surface area contributed by atoms with E-state index in [1.807, 2.05) is 19.1 Å². The standard InChI is InChI=1S/C21H29N3O2S/c1-13(2)10-19-22-16(5)20(27-19)21(25)23-17-6-8-18(9-7-17)24-11-14(3)26-15(4)12-24/h6-9,13-15H,10-12H2,1-5H3,(H,23,25). The number of rotatable bonds is 5. The number of morpholine rings is 1. The summed E-state index contributed by atoms with van der Waals surface area (Å²) in [6, 6.07) is 8.04. The highest BCUT2D eigenvalue weighted by molar-refractivity contribution is 7.13. The van der Waals surface area contributed by atoms with Gasteiger partial charge in [0.25, 0.3) is 5.91 Å². The number of anilines is 2. The quantitative estimate of drug-likeness (QED) is 0.820. The fourth-order valence-electron chi connectivity index (χ4n) is 3.43. The van der Waals surface area contributed by atoms with E-state index in [-0.39, 0.29) is 18.1 Å². The van der Waals surface area contributed by atoms with Gasteiger partial charge in [-0.2, -0.15) is 0 Å². The van der Waals surface area contributed by atoms with Crippen molar-refractivity contribution in [2.24, 2.45) is 5.92 Å². The Morgan fingerprint density at radius 2 is 1.89 bits per heavy atom. The number of carbonyl (C=O) groups excluding carboxylic acids is 1. The van der Waals surface area contributed by atoms with Gasteiger partial charge in [0.05, 0.1) is 22.9 Å². The zero-order valence-electron chi connectivity index (χ0n) is 16.8. The summed E-state index contributed by atoms with van der Waals surface area (Å²) in [6.45, 7) is 12.2. The van der Waals surface area contributed by atoms with Crippen LogP contribution in [-0.4, -0.2) is 36.2 Å². The van der Waals surface area contributed by atoms with Crippen molar-refractivity contribution in [1.82, 2.24) is 4.98 Å². The lowest BCUT2D eigenvalue weighted by Crippen LogP contribution is -2.45. The van der Waals surface area contributed by atoms with Gasteiger partial charge in [-0.1, -0.05) is 13.8 Å². The zero-order chi connectivity index (χ0) is 19.6. The summed E-state index contributed by atoms with van der Waals surface area (Å²) in [5, 5.41) is 4.03. The lowest BCUT2D eigenvalue weighted by molar-refractivity contribution is -0.00521. The van der Waals surface area contributed by atoms with Crippen LogP contribution in [0.5, 0.6) is 0 Å². The van der Waals surface area contributed by atoms with Crippen LogP contribution >= 0.6 is 11.3 Å². The summed E-state index contributed by atoms with van der Waals surface area (Å²) in [6.07, 6.45) is 1.36. The largest absolute Gasteiger partial charge is 0.372 e. The van der Waals surface area contributed by atoms with Crippen molar-refractivity contribution in [2.45, 2.75) is 53.2 Å². The molecule has 2 heterocycles. The van der Waals surface area contributed by atoms with Gasteiger partial charge in [0.2, 0.25) is 0 Å². The first-order valence-corrected chi connectivity index (χ1v) is 10.4. The molecule has 3 rings (SSSR count). The molecule has 2 unspecified atom stereocenters. The van der Waals surface area contributed by atoms with Crippen LogP contribution in [0.15, 0.2) is 24.3 Å². The topological polar surface area (TPSA) is 54.5 Å². The van der Waals surface area contributed by atoms with Crippen molar-refractivity contribution in [2.75, 3.05) is 23.3 Å². The smallest absolute Gasteiger partial charge is 0.267 e. The van der Waals surface area contributed by atoms with Gasteiger partial charge in [-0.3, -0.25) is 4.79 Å². The normalized spacial score (nSPS) is 20.1. The highest BCUT2D eigenvalue weighted by atomic mass is 32.1. The molecule has 5 nitrogen and oxygen atoms in total. The van der Waals surface area contributed by atoms with Gasteiger partial charge in [-0.25, -0.2) is 4.98 Å². The predicted molar refractivity (Wildman–Crippen MR) is 112 cm³/mol. The Morgan fingerprint density at radius 3 is 2.48 bits per heavy atom. The van der Waals surface area contributed by atoms with E-state index < -0.39 is 0 Å². The molecular formula is C21H29N3O2S.